The largest absolute Gasteiger partial charge is 0.602 e. The molecular formula is C33H38BN5O6. The number of benzene rings is 2. The first-order chi connectivity index (χ1) is 21.7. The van der Waals surface area contributed by atoms with Crippen LogP contribution in [-0.2, 0) is 30.1 Å². The van der Waals surface area contributed by atoms with Crippen molar-refractivity contribution >= 4 is 36.4 Å². The van der Waals surface area contributed by atoms with Gasteiger partial charge in [0.25, 0.3) is 5.91 Å². The van der Waals surface area contributed by atoms with E-state index in [4.69, 9.17) is 9.31 Å². The van der Waals surface area contributed by atoms with Crippen LogP contribution in [0.5, 0.6) is 0 Å². The minimum Gasteiger partial charge on any atom is -0.498 e. The summed E-state index contributed by atoms with van der Waals surface area (Å²) in [5.74, 6) is -2.35. The van der Waals surface area contributed by atoms with Crippen LogP contribution < -0.4 is 10.2 Å². The Kier molecular flexibility index (Phi) is 10.2. The summed E-state index contributed by atoms with van der Waals surface area (Å²) in [4.78, 5) is 65.9. The van der Waals surface area contributed by atoms with Crippen LogP contribution in [0.4, 0.5) is 5.69 Å². The highest BCUT2D eigenvalue weighted by Gasteiger charge is 2.49. The number of piperazine rings is 1. The molecule has 12 heteroatoms. The molecule has 2 aromatic carbocycles. The van der Waals surface area contributed by atoms with Crippen LogP contribution in [0.2, 0.25) is 5.82 Å². The number of carbonyl (C=O) groups is 4. The molecule has 3 aromatic rings. The number of nitrogens with one attached hydrogen (secondary N) is 1. The number of aromatic nitrogens is 2. The van der Waals surface area contributed by atoms with E-state index in [2.05, 4.69) is 15.3 Å². The van der Waals surface area contributed by atoms with E-state index in [9.17, 15) is 19.2 Å². The van der Waals surface area contributed by atoms with Crippen LogP contribution in [0.15, 0.2) is 79.3 Å². The van der Waals surface area contributed by atoms with Crippen LogP contribution >= 0.6 is 0 Å². The Morgan fingerprint density at radius 1 is 0.956 bits per heavy atom. The molecule has 0 aliphatic carbocycles. The van der Waals surface area contributed by atoms with Crippen molar-refractivity contribution < 1.29 is 28.5 Å². The van der Waals surface area contributed by atoms with E-state index in [1.54, 1.807) is 11.9 Å². The summed E-state index contributed by atoms with van der Waals surface area (Å²) in [5.41, 5.74) is 1.85. The van der Waals surface area contributed by atoms with Gasteiger partial charge in [-0.1, -0.05) is 62.4 Å². The molecule has 2 saturated heterocycles. The summed E-state index contributed by atoms with van der Waals surface area (Å²) in [6.45, 7) is 4.66. The van der Waals surface area contributed by atoms with Gasteiger partial charge in [0.1, 0.15) is 17.8 Å². The molecule has 3 heterocycles. The van der Waals surface area contributed by atoms with Crippen molar-refractivity contribution in [3.05, 3.63) is 90.5 Å². The zero-order chi connectivity index (χ0) is 31.9. The summed E-state index contributed by atoms with van der Waals surface area (Å²) in [6.07, 6.45) is 4.82. The van der Waals surface area contributed by atoms with Crippen LogP contribution in [0.3, 0.4) is 0 Å². The van der Waals surface area contributed by atoms with Gasteiger partial charge in [0.15, 0.2) is 5.78 Å². The topological polar surface area (TPSA) is 131 Å². The van der Waals surface area contributed by atoms with Crippen LogP contribution in [0.1, 0.15) is 42.7 Å². The fraction of sp³-hybridized carbons (Fsp3) is 0.394. The number of anilines is 1. The SMILES string of the molecule is CC(C)C[C@H](CC(=O)[C@H](Cc1ccccc1)NC(=O)c1cnccn1)B1OC(=O)[C@H]2CN(c3ccccc3)C[C@H](C(=O)O1)N2C. The van der Waals surface area contributed by atoms with E-state index in [0.29, 0.717) is 19.5 Å². The predicted molar refractivity (Wildman–Crippen MR) is 168 cm³/mol. The summed E-state index contributed by atoms with van der Waals surface area (Å²) < 4.78 is 11.8. The van der Waals surface area contributed by atoms with Gasteiger partial charge in [-0.05, 0) is 43.5 Å². The average molecular weight is 612 g/mol. The second kappa shape index (κ2) is 14.5. The third-order valence-corrected chi connectivity index (χ3v) is 8.29. The third-order valence-electron chi connectivity index (χ3n) is 8.29. The van der Waals surface area contributed by atoms with E-state index < -0.39 is 48.9 Å². The van der Waals surface area contributed by atoms with E-state index in [-0.39, 0.29) is 30.2 Å². The van der Waals surface area contributed by atoms with Gasteiger partial charge in [-0.3, -0.25) is 29.1 Å². The fourth-order valence-electron chi connectivity index (χ4n) is 5.94. The van der Waals surface area contributed by atoms with Gasteiger partial charge >= 0.3 is 19.1 Å². The quantitative estimate of drug-likeness (QED) is 0.323. The molecule has 2 fully saturated rings. The molecule has 0 spiro atoms. The first-order valence-electron chi connectivity index (χ1n) is 15.3. The molecule has 4 atom stereocenters. The maximum absolute atomic E-state index is 14.0. The molecule has 0 radical (unpaired) electrons. The second-order valence-corrected chi connectivity index (χ2v) is 12.0. The van der Waals surface area contributed by atoms with Crippen LogP contribution in [-0.4, -0.2) is 83.9 Å². The lowest BCUT2D eigenvalue weighted by Crippen LogP contribution is -2.65. The predicted octanol–water partition coefficient (Wildman–Crippen LogP) is 2.97. The molecule has 234 valence electrons. The lowest BCUT2D eigenvalue weighted by Gasteiger charge is -2.45. The molecule has 1 aromatic heterocycles. The molecule has 2 aliphatic heterocycles. The molecule has 5 rings (SSSR count). The first-order valence-corrected chi connectivity index (χ1v) is 15.3. The monoisotopic (exact) mass is 611 g/mol. The first kappa shape index (κ1) is 31.8. The number of likely N-dealkylation sites (N-methyl/N-ethyl adjacent to an activating group) is 1. The second-order valence-electron chi connectivity index (χ2n) is 12.0. The summed E-state index contributed by atoms with van der Waals surface area (Å²) in [5, 5.41) is 2.82. The lowest BCUT2D eigenvalue weighted by atomic mass is 9.64. The highest BCUT2D eigenvalue weighted by molar-refractivity contribution is 6.51. The van der Waals surface area contributed by atoms with E-state index in [0.717, 1.165) is 11.3 Å². The third kappa shape index (κ3) is 7.93. The van der Waals surface area contributed by atoms with Crippen molar-refractivity contribution in [2.24, 2.45) is 5.92 Å². The number of hydrogen-bond donors (Lipinski definition) is 1. The smallest absolute Gasteiger partial charge is 0.498 e. The molecule has 2 aliphatic rings. The standard InChI is InChI=1S/C33H38BN5O6/c1-22(2)16-24(18-30(40)26(17-23-10-6-4-7-11-23)37-31(41)27-19-35-14-15-36-27)34-44-32(42)28-20-39(25-12-8-5-9-13-25)21-29(38(28)3)33(43)45-34/h4-15,19,22,24,26,28-29H,16-18,20-21H2,1-3H3,(H,37,41)/t24-,26+,28-,29-/m1/s1. The zero-order valence-electron chi connectivity index (χ0n) is 25.7. The molecule has 1 N–H and O–H groups in total. The summed E-state index contributed by atoms with van der Waals surface area (Å²) in [6, 6.07) is 16.7. The molecule has 45 heavy (non-hydrogen) atoms. The number of amides is 1. The number of rotatable bonds is 11. The minimum atomic E-state index is -1.24. The Bertz CT molecular complexity index is 1450. The minimum absolute atomic E-state index is 0.0804. The van der Waals surface area contributed by atoms with Gasteiger partial charge in [-0.15, -0.1) is 0 Å². The number of fused-ring (bicyclic) bond motifs is 2. The number of para-hydroxylation sites is 1. The molecule has 2 bridgehead atoms. The molecular weight excluding hydrogens is 573 g/mol. The summed E-state index contributed by atoms with van der Waals surface area (Å²) in [7, 11) is 0.482. The van der Waals surface area contributed by atoms with E-state index in [1.165, 1.54) is 18.6 Å². The Balaban J connectivity index is 1.36. The molecule has 0 unspecified atom stereocenters. The molecule has 1 amide bonds. The Morgan fingerprint density at radius 3 is 2.16 bits per heavy atom. The van der Waals surface area contributed by atoms with Crippen LogP contribution in [0, 0.1) is 5.92 Å². The van der Waals surface area contributed by atoms with Gasteiger partial charge in [0, 0.05) is 43.4 Å². The number of Topliss-reactive ketones (excluding diaryl/α,β-unsaturated/α-hetero) is 1. The average Bonchev–Trinajstić information content (AvgIpc) is 3.04. The zero-order valence-corrected chi connectivity index (χ0v) is 25.7. The Labute approximate surface area is 263 Å². The van der Waals surface area contributed by atoms with Gasteiger partial charge in [-0.25, -0.2) is 4.98 Å². The van der Waals surface area contributed by atoms with Crippen molar-refractivity contribution in [3.63, 3.8) is 0 Å². The maximum Gasteiger partial charge on any atom is 0.602 e. The number of hydrogen-bond acceptors (Lipinski definition) is 10. The van der Waals surface area contributed by atoms with Crippen molar-refractivity contribution in [2.45, 2.75) is 57.1 Å². The Hall–Kier alpha value is -4.58. The molecule has 11 nitrogen and oxygen atoms in total. The highest BCUT2D eigenvalue weighted by Crippen LogP contribution is 2.32. The van der Waals surface area contributed by atoms with Crippen molar-refractivity contribution in [3.8, 4) is 0 Å². The van der Waals surface area contributed by atoms with Crippen molar-refractivity contribution in [1.29, 1.82) is 0 Å². The van der Waals surface area contributed by atoms with Gasteiger partial charge < -0.3 is 19.5 Å². The number of ketones is 1. The normalized spacial score (nSPS) is 20.0. The number of nitrogens with zero attached hydrogens (tertiary/aromatic N) is 4. The Morgan fingerprint density at radius 2 is 1.58 bits per heavy atom. The molecule has 0 saturated carbocycles. The summed E-state index contributed by atoms with van der Waals surface area (Å²) >= 11 is 0. The van der Waals surface area contributed by atoms with Crippen LogP contribution in [0.25, 0.3) is 0 Å². The number of carbonyl (C=O) groups excluding carboxylic acids is 4. The van der Waals surface area contributed by atoms with Crippen molar-refractivity contribution in [1.82, 2.24) is 20.2 Å². The van der Waals surface area contributed by atoms with Gasteiger partial charge in [0.05, 0.1) is 12.2 Å². The van der Waals surface area contributed by atoms with E-state index >= 15 is 0 Å². The van der Waals surface area contributed by atoms with E-state index in [1.807, 2.05) is 79.4 Å². The van der Waals surface area contributed by atoms with Gasteiger partial charge in [0.2, 0.25) is 0 Å². The fourth-order valence-corrected chi connectivity index (χ4v) is 5.94. The van der Waals surface area contributed by atoms with Gasteiger partial charge in [-0.2, -0.15) is 0 Å². The highest BCUT2D eigenvalue weighted by atomic mass is 16.6. The lowest BCUT2D eigenvalue weighted by molar-refractivity contribution is -0.155. The maximum atomic E-state index is 14.0. The van der Waals surface area contributed by atoms with Crippen molar-refractivity contribution in [2.75, 3.05) is 25.0 Å².